The van der Waals surface area contributed by atoms with E-state index in [9.17, 15) is 22.4 Å². The molecule has 2 N–H and O–H groups in total. The Labute approximate surface area is 167 Å². The van der Waals surface area contributed by atoms with Crippen LogP contribution in [0.3, 0.4) is 0 Å². The van der Waals surface area contributed by atoms with Crippen LogP contribution in [0.2, 0.25) is 0 Å². The maximum atomic E-state index is 13.0. The van der Waals surface area contributed by atoms with Crippen molar-refractivity contribution in [3.8, 4) is 5.75 Å². The second-order valence-electron chi connectivity index (χ2n) is 6.45. The monoisotopic (exact) mass is 421 g/mol. The van der Waals surface area contributed by atoms with E-state index in [-0.39, 0.29) is 23.8 Å². The summed E-state index contributed by atoms with van der Waals surface area (Å²) in [5.74, 6) is -0.842. The summed E-state index contributed by atoms with van der Waals surface area (Å²) < 4.78 is 45.6. The summed E-state index contributed by atoms with van der Waals surface area (Å²) in [6.45, 7) is 1.60. The van der Waals surface area contributed by atoms with Gasteiger partial charge in [0.25, 0.3) is 5.91 Å². The number of amides is 2. The number of fused-ring (bicyclic) bond motifs is 1. The number of nitrogens with one attached hydrogen (secondary N) is 2. The number of sulfonamides is 1. The van der Waals surface area contributed by atoms with Gasteiger partial charge in [-0.25, -0.2) is 12.8 Å². The number of benzene rings is 2. The summed E-state index contributed by atoms with van der Waals surface area (Å²) in [5.41, 5.74) is 0.886. The molecule has 1 aliphatic heterocycles. The van der Waals surface area contributed by atoms with Crippen LogP contribution in [0.1, 0.15) is 13.3 Å². The molecular weight excluding hydrogens is 401 g/mol. The quantitative estimate of drug-likeness (QED) is 0.741. The molecule has 0 radical (unpaired) electrons. The second-order valence-corrected chi connectivity index (χ2v) is 8.16. The molecule has 0 aliphatic carbocycles. The Morgan fingerprint density at radius 2 is 1.93 bits per heavy atom. The maximum absolute atomic E-state index is 13.0. The molecule has 0 aromatic heterocycles. The standard InChI is InChI=1S/C19H20FN3O5S/c1-3-15(22-29(26,27)14-7-4-12(20)5-8-14)19(25)21-13-6-9-17-16(10-13)23(2)18(24)11-28-17/h4-10,15,22H,3,11H2,1-2H3,(H,21,25). The molecule has 29 heavy (non-hydrogen) atoms. The summed E-state index contributed by atoms with van der Waals surface area (Å²) in [7, 11) is -2.41. The van der Waals surface area contributed by atoms with Gasteiger partial charge in [0, 0.05) is 12.7 Å². The van der Waals surface area contributed by atoms with Gasteiger partial charge in [-0.05, 0) is 48.9 Å². The number of anilines is 2. The minimum atomic E-state index is -4.01. The third-order valence-electron chi connectivity index (χ3n) is 4.46. The predicted octanol–water partition coefficient (Wildman–Crippen LogP) is 1.88. The van der Waals surface area contributed by atoms with Gasteiger partial charge in [0.1, 0.15) is 17.6 Å². The number of hydrogen-bond acceptors (Lipinski definition) is 5. The lowest BCUT2D eigenvalue weighted by Crippen LogP contribution is -2.43. The Balaban J connectivity index is 1.75. The van der Waals surface area contributed by atoms with E-state index < -0.39 is 27.8 Å². The van der Waals surface area contributed by atoms with E-state index in [4.69, 9.17) is 4.74 Å². The van der Waals surface area contributed by atoms with Gasteiger partial charge in [0.2, 0.25) is 15.9 Å². The van der Waals surface area contributed by atoms with Crippen molar-refractivity contribution in [3.63, 3.8) is 0 Å². The Kier molecular flexibility index (Phi) is 5.85. The Bertz CT molecular complexity index is 1040. The number of hydrogen-bond donors (Lipinski definition) is 2. The van der Waals surface area contributed by atoms with Crippen LogP contribution >= 0.6 is 0 Å². The molecule has 1 atom stereocenters. The molecule has 2 amide bonds. The summed E-state index contributed by atoms with van der Waals surface area (Å²) >= 11 is 0. The average Bonchev–Trinajstić information content (AvgIpc) is 2.69. The molecule has 1 unspecified atom stereocenters. The van der Waals surface area contributed by atoms with E-state index in [0.29, 0.717) is 17.1 Å². The van der Waals surface area contributed by atoms with Crippen LogP contribution in [0, 0.1) is 5.82 Å². The number of carbonyl (C=O) groups excluding carboxylic acids is 2. The highest BCUT2D eigenvalue weighted by Gasteiger charge is 2.26. The van der Waals surface area contributed by atoms with Crippen molar-refractivity contribution in [1.29, 1.82) is 0 Å². The van der Waals surface area contributed by atoms with Crippen molar-refractivity contribution in [2.24, 2.45) is 0 Å². The van der Waals surface area contributed by atoms with Crippen LogP contribution in [0.4, 0.5) is 15.8 Å². The number of halogens is 1. The van der Waals surface area contributed by atoms with Crippen LogP contribution in [0.15, 0.2) is 47.4 Å². The zero-order valence-corrected chi connectivity index (χ0v) is 16.6. The van der Waals surface area contributed by atoms with Crippen molar-refractivity contribution in [1.82, 2.24) is 4.72 Å². The molecule has 0 saturated carbocycles. The van der Waals surface area contributed by atoms with Gasteiger partial charge in [0.05, 0.1) is 10.6 Å². The maximum Gasteiger partial charge on any atom is 0.264 e. The molecule has 1 aliphatic rings. The zero-order chi connectivity index (χ0) is 21.2. The number of ether oxygens (including phenoxy) is 1. The number of rotatable bonds is 6. The van der Waals surface area contributed by atoms with Gasteiger partial charge in [0.15, 0.2) is 6.61 Å². The van der Waals surface area contributed by atoms with E-state index >= 15 is 0 Å². The van der Waals surface area contributed by atoms with Crippen LogP contribution in [-0.4, -0.2) is 39.9 Å². The topological polar surface area (TPSA) is 105 Å². The fraction of sp³-hybridized carbons (Fsp3) is 0.263. The first-order chi connectivity index (χ1) is 13.7. The first kappa shape index (κ1) is 20.7. The zero-order valence-electron chi connectivity index (χ0n) is 15.8. The first-order valence-electron chi connectivity index (χ1n) is 8.83. The van der Waals surface area contributed by atoms with E-state index in [1.165, 1.54) is 4.90 Å². The van der Waals surface area contributed by atoms with Crippen LogP contribution in [0.5, 0.6) is 5.75 Å². The minimum absolute atomic E-state index is 0.0573. The van der Waals surface area contributed by atoms with Gasteiger partial charge in [-0.3, -0.25) is 9.59 Å². The molecule has 8 nitrogen and oxygen atoms in total. The van der Waals surface area contributed by atoms with Crippen LogP contribution < -0.4 is 19.7 Å². The smallest absolute Gasteiger partial charge is 0.264 e. The van der Waals surface area contributed by atoms with Crippen molar-refractivity contribution in [2.75, 3.05) is 23.9 Å². The van der Waals surface area contributed by atoms with Crippen molar-refractivity contribution < 1.29 is 27.1 Å². The normalized spacial score (nSPS) is 14.7. The molecule has 2 aromatic carbocycles. The minimum Gasteiger partial charge on any atom is -0.482 e. The summed E-state index contributed by atoms with van der Waals surface area (Å²) in [5, 5.41) is 2.64. The van der Waals surface area contributed by atoms with Crippen molar-refractivity contribution in [2.45, 2.75) is 24.3 Å². The highest BCUT2D eigenvalue weighted by atomic mass is 32.2. The van der Waals surface area contributed by atoms with Crippen LogP contribution in [-0.2, 0) is 19.6 Å². The lowest BCUT2D eigenvalue weighted by atomic mass is 10.2. The molecule has 3 rings (SSSR count). The third-order valence-corrected chi connectivity index (χ3v) is 5.95. The lowest BCUT2D eigenvalue weighted by molar-refractivity contribution is -0.121. The molecule has 10 heteroatoms. The lowest BCUT2D eigenvalue weighted by Gasteiger charge is -2.26. The van der Waals surface area contributed by atoms with E-state index in [1.807, 2.05) is 0 Å². The molecule has 0 fully saturated rings. The van der Waals surface area contributed by atoms with Gasteiger partial charge < -0.3 is 15.0 Å². The van der Waals surface area contributed by atoms with E-state index in [0.717, 1.165) is 24.3 Å². The van der Waals surface area contributed by atoms with E-state index in [2.05, 4.69) is 10.0 Å². The van der Waals surface area contributed by atoms with Crippen molar-refractivity contribution >= 4 is 33.2 Å². The molecule has 154 valence electrons. The second kappa shape index (κ2) is 8.18. The molecule has 0 spiro atoms. The van der Waals surface area contributed by atoms with Gasteiger partial charge in [-0.1, -0.05) is 6.92 Å². The predicted molar refractivity (Wildman–Crippen MR) is 105 cm³/mol. The Morgan fingerprint density at radius 3 is 2.59 bits per heavy atom. The Morgan fingerprint density at radius 1 is 1.24 bits per heavy atom. The first-order valence-corrected chi connectivity index (χ1v) is 10.3. The molecule has 1 heterocycles. The number of nitrogens with zero attached hydrogens (tertiary/aromatic N) is 1. The molecule has 0 saturated heterocycles. The fourth-order valence-electron chi connectivity index (χ4n) is 2.77. The fourth-order valence-corrected chi connectivity index (χ4v) is 4.05. The summed E-state index contributed by atoms with van der Waals surface area (Å²) in [6, 6.07) is 8.06. The van der Waals surface area contributed by atoms with Gasteiger partial charge in [-0.2, -0.15) is 4.72 Å². The van der Waals surface area contributed by atoms with Crippen LogP contribution in [0.25, 0.3) is 0 Å². The van der Waals surface area contributed by atoms with Gasteiger partial charge >= 0.3 is 0 Å². The largest absolute Gasteiger partial charge is 0.482 e. The highest BCUT2D eigenvalue weighted by Crippen LogP contribution is 2.33. The summed E-state index contributed by atoms with van der Waals surface area (Å²) in [4.78, 5) is 25.7. The molecule has 2 aromatic rings. The number of carbonyl (C=O) groups is 2. The van der Waals surface area contributed by atoms with Gasteiger partial charge in [-0.15, -0.1) is 0 Å². The van der Waals surface area contributed by atoms with Crippen molar-refractivity contribution in [3.05, 3.63) is 48.3 Å². The molecule has 0 bridgehead atoms. The average molecular weight is 421 g/mol. The highest BCUT2D eigenvalue weighted by molar-refractivity contribution is 7.89. The van der Waals surface area contributed by atoms with E-state index in [1.54, 1.807) is 32.2 Å². The Hall–Kier alpha value is -2.98. The number of likely N-dealkylation sites (N-methyl/N-ethyl adjacent to an activating group) is 1. The molecular formula is C19H20FN3O5S. The SMILES string of the molecule is CCC(NS(=O)(=O)c1ccc(F)cc1)C(=O)Nc1ccc2c(c1)N(C)C(=O)CO2. The third kappa shape index (κ3) is 4.54. The summed E-state index contributed by atoms with van der Waals surface area (Å²) in [6.07, 6.45) is 0.193.